The molecule has 1 aliphatic rings. The number of pyridine rings is 1. The van der Waals surface area contributed by atoms with Crippen LogP contribution in [0.25, 0.3) is 55.7 Å². The van der Waals surface area contributed by atoms with Crippen LogP contribution in [-0.2, 0) is 0 Å². The molecule has 0 saturated heterocycles. The standard InChI is InChI=1S/C36H26N6/c1-41-23-27(26-20-31(24-12-4-2-5-13-24)38-32(21-26)25-14-6-3-7-15-25)22-37-35(41)36-39-29-17-9-8-16-28(29)34-40-30-18-10-11-19-33(30)42(34)36/h2-23,35H,1H3. The number of imidazole rings is 1. The summed E-state index contributed by atoms with van der Waals surface area (Å²) in [5.74, 6) is 0.830. The first-order valence-electron chi connectivity index (χ1n) is 14.0. The molecule has 1 atom stereocenters. The Balaban J connectivity index is 1.25. The third-order valence-corrected chi connectivity index (χ3v) is 7.78. The van der Waals surface area contributed by atoms with Gasteiger partial charge in [-0.15, -0.1) is 0 Å². The molecule has 6 nitrogen and oxygen atoms in total. The van der Waals surface area contributed by atoms with Crippen LogP contribution < -0.4 is 0 Å². The largest absolute Gasteiger partial charge is 0.352 e. The maximum absolute atomic E-state index is 5.13. The molecule has 8 rings (SSSR count). The van der Waals surface area contributed by atoms with Crippen molar-refractivity contribution < 1.29 is 0 Å². The van der Waals surface area contributed by atoms with Gasteiger partial charge in [0.25, 0.3) is 0 Å². The molecule has 0 bridgehead atoms. The van der Waals surface area contributed by atoms with Crippen molar-refractivity contribution in [3.05, 3.63) is 139 Å². The second-order valence-electron chi connectivity index (χ2n) is 10.5. The van der Waals surface area contributed by atoms with Crippen LogP contribution in [0, 0.1) is 0 Å². The highest BCUT2D eigenvalue weighted by atomic mass is 15.3. The molecule has 0 fully saturated rings. The molecule has 0 radical (unpaired) electrons. The third kappa shape index (κ3) is 4.04. The molecule has 4 aromatic carbocycles. The number of para-hydroxylation sites is 3. The molecule has 0 N–H and O–H groups in total. The van der Waals surface area contributed by atoms with Gasteiger partial charge in [-0.2, -0.15) is 0 Å². The first-order valence-corrected chi connectivity index (χ1v) is 14.0. The van der Waals surface area contributed by atoms with E-state index in [1.54, 1.807) is 0 Å². The van der Waals surface area contributed by atoms with E-state index >= 15 is 0 Å². The van der Waals surface area contributed by atoms with E-state index in [4.69, 9.17) is 19.9 Å². The maximum atomic E-state index is 5.13. The third-order valence-electron chi connectivity index (χ3n) is 7.78. The average molecular weight is 543 g/mol. The minimum absolute atomic E-state index is 0.317. The van der Waals surface area contributed by atoms with Gasteiger partial charge in [-0.1, -0.05) is 84.9 Å². The van der Waals surface area contributed by atoms with E-state index < -0.39 is 0 Å². The van der Waals surface area contributed by atoms with E-state index in [-0.39, 0.29) is 6.17 Å². The molecule has 4 heterocycles. The molecule has 0 aliphatic carbocycles. The Hall–Kier alpha value is -5.62. The zero-order valence-electron chi connectivity index (χ0n) is 23.0. The molecule has 0 amide bonds. The first kappa shape index (κ1) is 24.2. The summed E-state index contributed by atoms with van der Waals surface area (Å²) in [5.41, 5.74) is 9.83. The topological polar surface area (TPSA) is 58.7 Å². The van der Waals surface area contributed by atoms with Gasteiger partial charge >= 0.3 is 0 Å². The van der Waals surface area contributed by atoms with Gasteiger partial charge in [-0.05, 0) is 42.0 Å². The minimum atomic E-state index is -0.317. The summed E-state index contributed by atoms with van der Waals surface area (Å²) >= 11 is 0. The molecule has 6 heteroatoms. The summed E-state index contributed by atoms with van der Waals surface area (Å²) in [6.45, 7) is 0. The van der Waals surface area contributed by atoms with Crippen molar-refractivity contribution >= 4 is 39.4 Å². The fourth-order valence-electron chi connectivity index (χ4n) is 5.73. The molecule has 0 saturated carbocycles. The van der Waals surface area contributed by atoms with Crippen molar-refractivity contribution in [1.82, 2.24) is 24.3 Å². The minimum Gasteiger partial charge on any atom is -0.352 e. The van der Waals surface area contributed by atoms with E-state index in [9.17, 15) is 0 Å². The van der Waals surface area contributed by atoms with Crippen molar-refractivity contribution in [2.24, 2.45) is 4.99 Å². The molecule has 0 spiro atoms. The Morgan fingerprint density at radius 3 is 1.90 bits per heavy atom. The first-order chi connectivity index (χ1) is 20.7. The Kier molecular flexibility index (Phi) is 5.64. The molecular formula is C36H26N6. The van der Waals surface area contributed by atoms with Gasteiger partial charge in [0.15, 0.2) is 12.0 Å². The lowest BCUT2D eigenvalue weighted by Gasteiger charge is -2.28. The molecular weight excluding hydrogens is 516 g/mol. The summed E-state index contributed by atoms with van der Waals surface area (Å²) in [5, 5.41) is 1.02. The monoisotopic (exact) mass is 542 g/mol. The Morgan fingerprint density at radius 2 is 1.21 bits per heavy atom. The number of hydrogen-bond donors (Lipinski definition) is 0. The number of aliphatic imine (C=N–C) groups is 1. The lowest BCUT2D eigenvalue weighted by atomic mass is 10.00. The number of benzene rings is 4. The number of aromatic nitrogens is 4. The molecule has 42 heavy (non-hydrogen) atoms. The number of hydrogen-bond acceptors (Lipinski definition) is 5. The summed E-state index contributed by atoms with van der Waals surface area (Å²) in [4.78, 5) is 22.4. The Labute approximate surface area is 243 Å². The lowest BCUT2D eigenvalue weighted by Crippen LogP contribution is -2.24. The van der Waals surface area contributed by atoms with Crippen LogP contribution in [-0.4, -0.2) is 37.5 Å². The van der Waals surface area contributed by atoms with E-state index in [1.165, 1.54) is 0 Å². The highest BCUT2D eigenvalue weighted by molar-refractivity contribution is 6.11. The van der Waals surface area contributed by atoms with Crippen LogP contribution in [0.3, 0.4) is 0 Å². The summed E-state index contributed by atoms with van der Waals surface area (Å²) in [6, 6.07) is 41.3. The van der Waals surface area contributed by atoms with E-state index in [1.807, 2.05) is 79.0 Å². The summed E-state index contributed by atoms with van der Waals surface area (Å²) in [7, 11) is 2.06. The van der Waals surface area contributed by atoms with Crippen LogP contribution >= 0.6 is 0 Å². The molecule has 1 aliphatic heterocycles. The summed E-state index contributed by atoms with van der Waals surface area (Å²) < 4.78 is 2.16. The van der Waals surface area contributed by atoms with Crippen LogP contribution in [0.15, 0.2) is 133 Å². The van der Waals surface area contributed by atoms with Crippen molar-refractivity contribution in [3.8, 4) is 22.5 Å². The van der Waals surface area contributed by atoms with E-state index in [2.05, 4.69) is 71.1 Å². The zero-order valence-corrected chi connectivity index (χ0v) is 23.0. The highest BCUT2D eigenvalue weighted by Crippen LogP contribution is 2.34. The van der Waals surface area contributed by atoms with Crippen LogP contribution in [0.1, 0.15) is 17.6 Å². The van der Waals surface area contributed by atoms with Gasteiger partial charge in [0.1, 0.15) is 5.65 Å². The van der Waals surface area contributed by atoms with Crippen molar-refractivity contribution in [3.63, 3.8) is 0 Å². The fraction of sp³-hybridized carbons (Fsp3) is 0.0556. The SMILES string of the molecule is CN1C=C(c2cc(-c3ccccc3)nc(-c3ccccc3)c2)C=NC1c1nc2ccccc2c2nc3ccccc3n12. The van der Waals surface area contributed by atoms with Gasteiger partial charge < -0.3 is 4.90 Å². The lowest BCUT2D eigenvalue weighted by molar-refractivity contribution is 0.332. The molecule has 1 unspecified atom stereocenters. The van der Waals surface area contributed by atoms with Gasteiger partial charge in [0, 0.05) is 41.5 Å². The van der Waals surface area contributed by atoms with E-state index in [0.29, 0.717) is 0 Å². The number of fused-ring (bicyclic) bond motifs is 5. The quantitative estimate of drug-likeness (QED) is 0.228. The number of allylic oxidation sites excluding steroid dienone is 1. The fourth-order valence-corrected chi connectivity index (χ4v) is 5.73. The maximum Gasteiger partial charge on any atom is 0.179 e. The van der Waals surface area contributed by atoms with E-state index in [0.717, 1.165) is 67.1 Å². The van der Waals surface area contributed by atoms with Crippen molar-refractivity contribution in [2.45, 2.75) is 6.17 Å². The number of nitrogens with zero attached hydrogens (tertiary/aromatic N) is 6. The van der Waals surface area contributed by atoms with Crippen molar-refractivity contribution in [2.75, 3.05) is 7.05 Å². The Morgan fingerprint density at radius 1 is 0.595 bits per heavy atom. The van der Waals surface area contributed by atoms with Crippen LogP contribution in [0.4, 0.5) is 0 Å². The predicted molar refractivity (Wildman–Crippen MR) is 170 cm³/mol. The van der Waals surface area contributed by atoms with Crippen molar-refractivity contribution in [1.29, 1.82) is 0 Å². The van der Waals surface area contributed by atoms with Gasteiger partial charge in [0.05, 0.1) is 27.9 Å². The summed E-state index contributed by atoms with van der Waals surface area (Å²) in [6.07, 6.45) is 3.80. The van der Waals surface area contributed by atoms with Crippen LogP contribution in [0.5, 0.6) is 0 Å². The smallest absolute Gasteiger partial charge is 0.179 e. The molecule has 7 aromatic rings. The molecule has 200 valence electrons. The highest BCUT2D eigenvalue weighted by Gasteiger charge is 2.25. The normalized spacial score (nSPS) is 15.0. The Bertz CT molecular complexity index is 2110. The van der Waals surface area contributed by atoms with Gasteiger partial charge in [-0.3, -0.25) is 9.39 Å². The average Bonchev–Trinajstić information content (AvgIpc) is 3.45. The van der Waals surface area contributed by atoms with Gasteiger partial charge in [-0.25, -0.2) is 15.0 Å². The second-order valence-corrected chi connectivity index (χ2v) is 10.5. The van der Waals surface area contributed by atoms with Crippen LogP contribution in [0.2, 0.25) is 0 Å². The zero-order chi connectivity index (χ0) is 28.0. The molecule has 3 aromatic heterocycles. The van der Waals surface area contributed by atoms with Gasteiger partial charge in [0.2, 0.25) is 0 Å². The predicted octanol–water partition coefficient (Wildman–Crippen LogP) is 7.82. The number of rotatable bonds is 4. The second kappa shape index (κ2) is 9.78.